The summed E-state index contributed by atoms with van der Waals surface area (Å²) in [5.41, 5.74) is 10.9. The number of rotatable bonds is 1. The van der Waals surface area contributed by atoms with Crippen molar-refractivity contribution in [1.29, 1.82) is 0 Å². The Morgan fingerprint density at radius 1 is 1.21 bits per heavy atom. The average molecular weight is 325 g/mol. The van der Waals surface area contributed by atoms with Crippen molar-refractivity contribution in [3.05, 3.63) is 52.6 Å². The first-order valence-electron chi connectivity index (χ1n) is 7.63. The number of hydrogen-bond donors (Lipinski definition) is 3. The van der Waals surface area contributed by atoms with Crippen LogP contribution in [0.1, 0.15) is 24.8 Å². The maximum atomic E-state index is 13.0. The van der Waals surface area contributed by atoms with E-state index in [2.05, 4.69) is 5.32 Å². The van der Waals surface area contributed by atoms with Crippen LogP contribution in [0.3, 0.4) is 0 Å². The van der Waals surface area contributed by atoms with Crippen molar-refractivity contribution in [1.82, 2.24) is 0 Å². The van der Waals surface area contributed by atoms with Crippen molar-refractivity contribution in [3.63, 3.8) is 0 Å². The second-order valence-electron chi connectivity index (χ2n) is 6.03. The third-order valence-corrected chi connectivity index (χ3v) is 4.76. The van der Waals surface area contributed by atoms with Gasteiger partial charge in [0.2, 0.25) is 11.8 Å². The van der Waals surface area contributed by atoms with Gasteiger partial charge >= 0.3 is 0 Å². The number of carbonyl (C=O) groups excluding carboxylic acids is 3. The molecule has 7 nitrogen and oxygen atoms in total. The number of fused-ring (bicyclic) bond motifs is 3. The Labute approximate surface area is 137 Å². The fraction of sp³-hybridized carbons (Fsp3) is 0.235. The molecule has 0 saturated carbocycles. The molecule has 1 aliphatic carbocycles. The molecule has 2 heterocycles. The molecule has 0 radical (unpaired) electrons. The van der Waals surface area contributed by atoms with Crippen LogP contribution < -0.4 is 16.8 Å². The molecule has 2 aliphatic heterocycles. The van der Waals surface area contributed by atoms with Crippen molar-refractivity contribution in [2.24, 2.45) is 11.5 Å². The Bertz CT molecular complexity index is 884. The number of benzene rings is 1. The van der Waals surface area contributed by atoms with E-state index in [9.17, 15) is 14.4 Å². The zero-order valence-corrected chi connectivity index (χ0v) is 12.7. The molecule has 5 N–H and O–H groups in total. The average Bonchev–Trinajstić information content (AvgIpc) is 2.80. The number of para-hydroxylation sites is 1. The minimum atomic E-state index is -1.63. The normalized spacial score (nSPS) is 25.3. The third-order valence-electron chi connectivity index (χ3n) is 4.76. The van der Waals surface area contributed by atoms with Gasteiger partial charge < -0.3 is 21.5 Å². The number of allylic oxidation sites excluding steroid dienone is 1. The molecule has 7 heteroatoms. The number of carbonyl (C=O) groups is 3. The first kappa shape index (κ1) is 14.5. The van der Waals surface area contributed by atoms with E-state index in [1.807, 2.05) is 0 Å². The predicted molar refractivity (Wildman–Crippen MR) is 84.1 cm³/mol. The first-order chi connectivity index (χ1) is 11.5. The number of amides is 2. The molecule has 3 aliphatic rings. The highest BCUT2D eigenvalue weighted by Gasteiger charge is 2.60. The molecular formula is C17H15N3O4. The molecule has 0 aromatic heterocycles. The molecule has 1 unspecified atom stereocenters. The number of anilines is 1. The quantitative estimate of drug-likeness (QED) is 0.696. The summed E-state index contributed by atoms with van der Waals surface area (Å²) in [6.07, 6.45) is 1.37. The lowest BCUT2D eigenvalue weighted by atomic mass is 9.64. The molecule has 0 saturated heterocycles. The molecule has 0 bridgehead atoms. The minimum absolute atomic E-state index is 0.180. The van der Waals surface area contributed by atoms with E-state index in [-0.39, 0.29) is 29.2 Å². The standard InChI is InChI=1S/C17H15N3O4/c18-14(22)13-15(19)24-11-7-3-6-10(21)12(11)17(13)8-4-1-2-5-9(8)20-16(17)23/h1-2,4-5H,3,6-7,19H2,(H2,18,22)(H,20,23). The van der Waals surface area contributed by atoms with E-state index < -0.39 is 17.2 Å². The molecule has 122 valence electrons. The van der Waals surface area contributed by atoms with E-state index in [4.69, 9.17) is 16.2 Å². The van der Waals surface area contributed by atoms with Crippen molar-refractivity contribution in [3.8, 4) is 0 Å². The summed E-state index contributed by atoms with van der Waals surface area (Å²) in [6.45, 7) is 0. The van der Waals surface area contributed by atoms with Gasteiger partial charge in [0, 0.05) is 24.1 Å². The van der Waals surface area contributed by atoms with Gasteiger partial charge in [-0.2, -0.15) is 0 Å². The smallest absolute Gasteiger partial charge is 0.251 e. The molecule has 24 heavy (non-hydrogen) atoms. The Morgan fingerprint density at radius 2 is 1.96 bits per heavy atom. The van der Waals surface area contributed by atoms with Crippen LogP contribution >= 0.6 is 0 Å². The number of nitrogens with one attached hydrogen (secondary N) is 1. The van der Waals surface area contributed by atoms with Crippen molar-refractivity contribution < 1.29 is 19.1 Å². The monoisotopic (exact) mass is 325 g/mol. The maximum absolute atomic E-state index is 13.0. The van der Waals surface area contributed by atoms with Crippen molar-refractivity contribution in [2.45, 2.75) is 24.7 Å². The highest BCUT2D eigenvalue weighted by atomic mass is 16.5. The lowest BCUT2D eigenvalue weighted by molar-refractivity contribution is -0.125. The van der Waals surface area contributed by atoms with E-state index in [0.29, 0.717) is 29.9 Å². The summed E-state index contributed by atoms with van der Waals surface area (Å²) in [4.78, 5) is 37.9. The molecular weight excluding hydrogens is 310 g/mol. The van der Waals surface area contributed by atoms with Gasteiger partial charge in [-0.05, 0) is 12.5 Å². The van der Waals surface area contributed by atoms with Gasteiger partial charge in [-0.3, -0.25) is 14.4 Å². The number of primary amides is 1. The van der Waals surface area contributed by atoms with Gasteiger partial charge in [0.25, 0.3) is 5.91 Å². The first-order valence-corrected chi connectivity index (χ1v) is 7.63. The van der Waals surface area contributed by atoms with E-state index in [0.717, 1.165) is 0 Å². The van der Waals surface area contributed by atoms with E-state index in [1.54, 1.807) is 24.3 Å². The summed E-state index contributed by atoms with van der Waals surface area (Å²) in [5.74, 6) is -1.49. The van der Waals surface area contributed by atoms with Crippen LogP contribution in [0.15, 0.2) is 47.1 Å². The predicted octanol–water partition coefficient (Wildman–Crippen LogP) is 0.569. The number of nitrogens with two attached hydrogens (primary N) is 2. The van der Waals surface area contributed by atoms with Crippen LogP contribution in [0, 0.1) is 0 Å². The summed E-state index contributed by atoms with van der Waals surface area (Å²) in [7, 11) is 0. The Kier molecular flexibility index (Phi) is 2.84. The van der Waals surface area contributed by atoms with Crippen molar-refractivity contribution >= 4 is 23.3 Å². The third kappa shape index (κ3) is 1.58. The SMILES string of the molecule is NC(=O)C1=C(N)OC2=C(C(=O)CCC2)C12C(=O)Nc1ccccc12. The summed E-state index contributed by atoms with van der Waals surface area (Å²) >= 11 is 0. The number of Topliss-reactive ketones (excluding diaryl/α,β-unsaturated/α-hetero) is 1. The Balaban J connectivity index is 2.13. The van der Waals surface area contributed by atoms with Gasteiger partial charge in [-0.25, -0.2) is 0 Å². The maximum Gasteiger partial charge on any atom is 0.251 e. The van der Waals surface area contributed by atoms with E-state index >= 15 is 0 Å². The molecule has 1 aromatic carbocycles. The minimum Gasteiger partial charge on any atom is -0.445 e. The fourth-order valence-corrected chi connectivity index (χ4v) is 3.89. The van der Waals surface area contributed by atoms with Gasteiger partial charge in [0.1, 0.15) is 16.7 Å². The molecule has 1 aromatic rings. The molecule has 1 atom stereocenters. The van der Waals surface area contributed by atoms with Crippen LogP contribution in [0.5, 0.6) is 0 Å². The number of hydrogen-bond acceptors (Lipinski definition) is 5. The van der Waals surface area contributed by atoms with Gasteiger partial charge in [-0.1, -0.05) is 18.2 Å². The Hall–Kier alpha value is -3.09. The van der Waals surface area contributed by atoms with Gasteiger partial charge in [0.05, 0.1) is 5.57 Å². The highest BCUT2D eigenvalue weighted by molar-refractivity contribution is 6.22. The largest absolute Gasteiger partial charge is 0.445 e. The number of ether oxygens (including phenoxy) is 1. The molecule has 1 spiro atoms. The summed E-state index contributed by atoms with van der Waals surface area (Å²) in [5, 5.41) is 2.74. The lowest BCUT2D eigenvalue weighted by Crippen LogP contribution is -2.50. The second kappa shape index (κ2) is 4.70. The molecule has 0 fully saturated rings. The summed E-state index contributed by atoms with van der Waals surface area (Å²) in [6, 6.07) is 6.90. The molecule has 4 rings (SSSR count). The van der Waals surface area contributed by atoms with Crippen LogP contribution in [-0.2, 0) is 24.5 Å². The topological polar surface area (TPSA) is 125 Å². The van der Waals surface area contributed by atoms with Crippen LogP contribution in [0.2, 0.25) is 0 Å². The zero-order valence-electron chi connectivity index (χ0n) is 12.7. The van der Waals surface area contributed by atoms with Crippen molar-refractivity contribution in [2.75, 3.05) is 5.32 Å². The van der Waals surface area contributed by atoms with Gasteiger partial charge in [-0.15, -0.1) is 0 Å². The second-order valence-corrected chi connectivity index (χ2v) is 6.03. The molecule has 2 amide bonds. The van der Waals surface area contributed by atoms with Gasteiger partial charge in [0.15, 0.2) is 5.78 Å². The Morgan fingerprint density at radius 3 is 2.71 bits per heavy atom. The zero-order chi connectivity index (χ0) is 17.1. The summed E-state index contributed by atoms with van der Waals surface area (Å²) < 4.78 is 5.52. The number of ketones is 1. The van der Waals surface area contributed by atoms with E-state index in [1.165, 1.54) is 0 Å². The lowest BCUT2D eigenvalue weighted by Gasteiger charge is -2.38. The van der Waals surface area contributed by atoms with Crippen LogP contribution in [-0.4, -0.2) is 17.6 Å². The fourth-order valence-electron chi connectivity index (χ4n) is 3.89. The highest BCUT2D eigenvalue weighted by Crippen LogP contribution is 2.53. The van der Waals surface area contributed by atoms with Crippen LogP contribution in [0.4, 0.5) is 5.69 Å². The van der Waals surface area contributed by atoms with Crippen LogP contribution in [0.25, 0.3) is 0 Å².